The Morgan fingerprint density at radius 3 is 2.00 bits per heavy atom. The van der Waals surface area contributed by atoms with Crippen molar-refractivity contribution >= 4 is 11.9 Å². The number of urea groups is 1. The normalized spacial score (nSPS) is 19.8. The molecule has 3 amide bonds. The summed E-state index contributed by atoms with van der Waals surface area (Å²) < 4.78 is 0. The van der Waals surface area contributed by atoms with E-state index in [9.17, 15) is 9.59 Å². The minimum absolute atomic E-state index is 0.130. The minimum Gasteiger partial charge on any atom is -0.271 e. The number of hydrogen-bond acceptors (Lipinski definition) is 4. The number of nitrogens with zero attached hydrogens (tertiary/aromatic N) is 2. The van der Waals surface area contributed by atoms with E-state index >= 15 is 0 Å². The van der Waals surface area contributed by atoms with Crippen LogP contribution >= 0.6 is 0 Å². The molecule has 0 aromatic carbocycles. The number of hydrogen-bond donors (Lipinski definition) is 2. The molecule has 0 atom stereocenters. The van der Waals surface area contributed by atoms with E-state index in [0.29, 0.717) is 5.01 Å². The number of amides is 3. The van der Waals surface area contributed by atoms with E-state index in [1.54, 1.807) is 0 Å². The Balaban J connectivity index is 2.77. The quantitative estimate of drug-likeness (QED) is 0.225. The number of carbonyl (C=O) groups excluding carboxylic acids is 2. The van der Waals surface area contributed by atoms with Crippen LogP contribution in [0.1, 0.15) is 0 Å². The average molecular weight is 130 g/mol. The number of nitrogens with two attached hydrogens (primary N) is 2. The second-order valence-corrected chi connectivity index (χ2v) is 1.67. The predicted octanol–water partition coefficient (Wildman–Crippen LogP) is -2.00. The molecule has 0 aromatic rings. The lowest BCUT2D eigenvalue weighted by molar-refractivity contribution is -0.125. The minimum atomic E-state index is -0.667. The van der Waals surface area contributed by atoms with E-state index in [1.165, 1.54) is 0 Å². The van der Waals surface area contributed by atoms with E-state index in [1.807, 2.05) is 0 Å². The Labute approximate surface area is 50.9 Å². The number of hydrazine groups is 2. The highest BCUT2D eigenvalue weighted by Crippen LogP contribution is 1.98. The van der Waals surface area contributed by atoms with Gasteiger partial charge >= 0.3 is 6.03 Å². The fourth-order valence-electron chi connectivity index (χ4n) is 0.535. The van der Waals surface area contributed by atoms with Crippen molar-refractivity contribution in [3.05, 3.63) is 0 Å². The molecular weight excluding hydrogens is 124 g/mol. The van der Waals surface area contributed by atoms with Crippen molar-refractivity contribution in [2.24, 2.45) is 11.7 Å². The molecule has 1 aliphatic heterocycles. The van der Waals surface area contributed by atoms with Gasteiger partial charge in [-0.3, -0.25) is 9.80 Å². The van der Waals surface area contributed by atoms with Crippen molar-refractivity contribution in [3.8, 4) is 0 Å². The van der Waals surface area contributed by atoms with Crippen LogP contribution in [0.2, 0.25) is 0 Å². The Morgan fingerprint density at radius 2 is 1.89 bits per heavy atom. The Kier molecular flexibility index (Phi) is 1.11. The Bertz CT molecular complexity index is 167. The molecule has 0 aliphatic carbocycles. The first-order valence-electron chi connectivity index (χ1n) is 2.27. The third kappa shape index (κ3) is 0.734. The molecule has 1 rings (SSSR count). The summed E-state index contributed by atoms with van der Waals surface area (Å²) >= 11 is 0. The van der Waals surface area contributed by atoms with Gasteiger partial charge in [-0.25, -0.2) is 16.5 Å². The average Bonchev–Trinajstić information content (AvgIpc) is 1.98. The standard InChI is InChI=1S/C3H6N4O2/c4-6-1-2(8)7(5)3(6)9/h1,4-5H2. The summed E-state index contributed by atoms with van der Waals surface area (Å²) in [6.45, 7) is -0.130. The maximum absolute atomic E-state index is 10.5. The summed E-state index contributed by atoms with van der Waals surface area (Å²) in [5, 5.41) is 1.24. The van der Waals surface area contributed by atoms with Gasteiger partial charge in [0, 0.05) is 0 Å². The summed E-state index contributed by atoms with van der Waals surface area (Å²) in [6.07, 6.45) is 0. The lowest BCUT2D eigenvalue weighted by Crippen LogP contribution is -2.40. The van der Waals surface area contributed by atoms with Crippen molar-refractivity contribution in [2.45, 2.75) is 0 Å². The fraction of sp³-hybridized carbons (Fsp3) is 0.333. The third-order valence-electron chi connectivity index (χ3n) is 1.03. The SMILES string of the molecule is NN1CC(=O)N(N)C1=O. The molecule has 0 spiro atoms. The monoisotopic (exact) mass is 130 g/mol. The van der Waals surface area contributed by atoms with Gasteiger partial charge in [-0.15, -0.1) is 0 Å². The molecule has 0 aromatic heterocycles. The van der Waals surface area contributed by atoms with Crippen LogP contribution in [-0.2, 0) is 4.79 Å². The van der Waals surface area contributed by atoms with Gasteiger partial charge in [0.15, 0.2) is 0 Å². The smallest absolute Gasteiger partial charge is 0.271 e. The first kappa shape index (κ1) is 5.99. The molecule has 1 heterocycles. The van der Waals surface area contributed by atoms with E-state index in [2.05, 4.69) is 0 Å². The molecule has 1 saturated heterocycles. The van der Waals surface area contributed by atoms with Gasteiger partial charge in [0.25, 0.3) is 5.91 Å². The molecule has 0 saturated carbocycles. The lowest BCUT2D eigenvalue weighted by atomic mass is 10.6. The van der Waals surface area contributed by atoms with Gasteiger partial charge in [0.05, 0.1) is 0 Å². The molecule has 9 heavy (non-hydrogen) atoms. The molecule has 1 fully saturated rings. The van der Waals surface area contributed by atoms with Crippen molar-refractivity contribution in [1.82, 2.24) is 10.0 Å². The van der Waals surface area contributed by atoms with Crippen LogP contribution in [-0.4, -0.2) is 28.5 Å². The second kappa shape index (κ2) is 1.67. The lowest BCUT2D eigenvalue weighted by Gasteiger charge is -2.04. The zero-order chi connectivity index (χ0) is 7.02. The second-order valence-electron chi connectivity index (χ2n) is 1.67. The van der Waals surface area contributed by atoms with E-state index in [4.69, 9.17) is 11.7 Å². The van der Waals surface area contributed by atoms with Crippen molar-refractivity contribution in [1.29, 1.82) is 0 Å². The van der Waals surface area contributed by atoms with E-state index < -0.39 is 11.9 Å². The van der Waals surface area contributed by atoms with Gasteiger partial charge < -0.3 is 0 Å². The fourth-order valence-corrected chi connectivity index (χ4v) is 0.535. The van der Waals surface area contributed by atoms with Crippen LogP contribution in [0.15, 0.2) is 0 Å². The van der Waals surface area contributed by atoms with Crippen LogP contribution in [0.3, 0.4) is 0 Å². The topological polar surface area (TPSA) is 92.7 Å². The molecule has 0 unspecified atom stereocenters. The van der Waals surface area contributed by atoms with Gasteiger partial charge in [-0.2, -0.15) is 5.01 Å². The van der Waals surface area contributed by atoms with Crippen LogP contribution in [0.5, 0.6) is 0 Å². The highest BCUT2D eigenvalue weighted by atomic mass is 16.2. The van der Waals surface area contributed by atoms with Gasteiger partial charge in [-0.05, 0) is 0 Å². The number of imide groups is 1. The number of carbonyl (C=O) groups is 2. The number of rotatable bonds is 0. The van der Waals surface area contributed by atoms with Crippen LogP contribution < -0.4 is 11.7 Å². The summed E-state index contributed by atoms with van der Waals surface area (Å²) in [5.41, 5.74) is 0. The largest absolute Gasteiger partial charge is 0.355 e. The van der Waals surface area contributed by atoms with Gasteiger partial charge in [0.2, 0.25) is 0 Å². The molecule has 4 N–H and O–H groups in total. The summed E-state index contributed by atoms with van der Waals surface area (Å²) in [5.74, 6) is 9.44. The van der Waals surface area contributed by atoms with Gasteiger partial charge in [-0.1, -0.05) is 0 Å². The van der Waals surface area contributed by atoms with Crippen LogP contribution in [0.25, 0.3) is 0 Å². The molecule has 0 bridgehead atoms. The third-order valence-corrected chi connectivity index (χ3v) is 1.03. The Hall–Kier alpha value is -1.14. The summed E-state index contributed by atoms with van der Waals surface area (Å²) in [7, 11) is 0. The van der Waals surface area contributed by atoms with Crippen molar-refractivity contribution < 1.29 is 9.59 Å². The maximum atomic E-state index is 10.5. The van der Waals surface area contributed by atoms with E-state index in [0.717, 1.165) is 5.01 Å². The first-order valence-corrected chi connectivity index (χ1v) is 2.27. The zero-order valence-corrected chi connectivity index (χ0v) is 4.57. The molecule has 6 nitrogen and oxygen atoms in total. The molecule has 6 heteroatoms. The van der Waals surface area contributed by atoms with E-state index in [-0.39, 0.29) is 6.54 Å². The summed E-state index contributed by atoms with van der Waals surface area (Å²) in [6, 6.07) is -0.667. The molecular formula is C3H6N4O2. The van der Waals surface area contributed by atoms with Gasteiger partial charge in [0.1, 0.15) is 6.54 Å². The zero-order valence-electron chi connectivity index (χ0n) is 4.57. The van der Waals surface area contributed by atoms with Crippen molar-refractivity contribution in [3.63, 3.8) is 0 Å². The first-order chi connectivity index (χ1) is 4.13. The predicted molar refractivity (Wildman–Crippen MR) is 27.3 cm³/mol. The van der Waals surface area contributed by atoms with Crippen LogP contribution in [0.4, 0.5) is 4.79 Å². The Morgan fingerprint density at radius 1 is 1.33 bits per heavy atom. The highest BCUT2D eigenvalue weighted by Gasteiger charge is 2.31. The maximum Gasteiger partial charge on any atom is 0.355 e. The van der Waals surface area contributed by atoms with Crippen molar-refractivity contribution in [2.75, 3.05) is 6.54 Å². The molecule has 50 valence electrons. The molecule has 1 aliphatic rings. The summed E-state index contributed by atoms with van der Waals surface area (Å²) in [4.78, 5) is 20.9. The van der Waals surface area contributed by atoms with Crippen LogP contribution in [0, 0.1) is 0 Å². The molecule has 0 radical (unpaired) electrons. The highest BCUT2D eigenvalue weighted by molar-refractivity contribution is 6.00.